The van der Waals surface area contributed by atoms with Crippen molar-refractivity contribution in [2.45, 2.75) is 0 Å². The van der Waals surface area contributed by atoms with Crippen molar-refractivity contribution in [1.29, 1.82) is 5.26 Å². The number of nitro benzene ring substituents is 2. The van der Waals surface area contributed by atoms with Crippen LogP contribution in [0.4, 0.5) is 22.9 Å². The van der Waals surface area contributed by atoms with E-state index in [1.54, 1.807) is 18.2 Å². The first-order valence-corrected chi connectivity index (χ1v) is 5.58. The summed E-state index contributed by atoms with van der Waals surface area (Å²) in [5.41, 5.74) is -1.61. The number of nitrogens with zero attached hydrogens (tertiary/aromatic N) is 4. The summed E-state index contributed by atoms with van der Waals surface area (Å²) >= 11 is 0. The van der Waals surface area contributed by atoms with Crippen molar-refractivity contribution in [3.8, 4) is 6.07 Å². The van der Waals surface area contributed by atoms with Crippen LogP contribution in [0.15, 0.2) is 36.5 Å². The van der Waals surface area contributed by atoms with E-state index < -0.39 is 21.2 Å². The molecule has 0 fully saturated rings. The van der Waals surface area contributed by atoms with Crippen LogP contribution in [0.5, 0.6) is 0 Å². The van der Waals surface area contributed by atoms with Gasteiger partial charge in [-0.15, -0.1) is 0 Å². The van der Waals surface area contributed by atoms with E-state index in [0.717, 1.165) is 12.1 Å². The first-order chi connectivity index (χ1) is 10.0. The molecule has 2 aromatic rings. The summed E-state index contributed by atoms with van der Waals surface area (Å²) in [5.74, 6) is 0.216. The van der Waals surface area contributed by atoms with Crippen molar-refractivity contribution in [2.24, 2.45) is 0 Å². The van der Waals surface area contributed by atoms with Gasteiger partial charge in [-0.3, -0.25) is 20.2 Å². The molecule has 2 rings (SSSR count). The van der Waals surface area contributed by atoms with Crippen molar-refractivity contribution in [1.82, 2.24) is 4.98 Å². The molecule has 0 bridgehead atoms. The normalized spacial score (nSPS) is 9.67. The maximum absolute atomic E-state index is 11.1. The minimum absolute atomic E-state index is 0.167. The average Bonchev–Trinajstić information content (AvgIpc) is 2.47. The highest BCUT2D eigenvalue weighted by Gasteiger charge is 2.27. The van der Waals surface area contributed by atoms with Gasteiger partial charge in [0, 0.05) is 18.3 Å². The fraction of sp³-hybridized carbons (Fsp3) is 0. The number of anilines is 2. The zero-order valence-corrected chi connectivity index (χ0v) is 10.4. The molecule has 0 unspecified atom stereocenters. The summed E-state index contributed by atoms with van der Waals surface area (Å²) < 4.78 is 0. The van der Waals surface area contributed by atoms with Gasteiger partial charge in [0.2, 0.25) is 0 Å². The van der Waals surface area contributed by atoms with Gasteiger partial charge < -0.3 is 5.32 Å². The number of nitro groups is 2. The van der Waals surface area contributed by atoms with Crippen molar-refractivity contribution >= 4 is 22.9 Å². The zero-order valence-electron chi connectivity index (χ0n) is 10.4. The lowest BCUT2D eigenvalue weighted by molar-refractivity contribution is -0.392. The Bertz CT molecular complexity index is 719. The topological polar surface area (TPSA) is 135 Å². The fourth-order valence-corrected chi connectivity index (χ4v) is 1.66. The molecule has 1 heterocycles. The van der Waals surface area contributed by atoms with Gasteiger partial charge >= 0.3 is 11.4 Å². The second-order valence-electron chi connectivity index (χ2n) is 3.86. The number of nitriles is 1. The average molecular weight is 285 g/mol. The van der Waals surface area contributed by atoms with Gasteiger partial charge in [0.05, 0.1) is 21.5 Å². The summed E-state index contributed by atoms with van der Waals surface area (Å²) in [5, 5.41) is 33.5. The Morgan fingerprint density at radius 3 is 2.19 bits per heavy atom. The molecule has 0 aliphatic carbocycles. The predicted octanol–water partition coefficient (Wildman–Crippen LogP) is 2.51. The molecule has 1 aromatic carbocycles. The van der Waals surface area contributed by atoms with Gasteiger partial charge in [-0.1, -0.05) is 6.07 Å². The first-order valence-electron chi connectivity index (χ1n) is 5.58. The summed E-state index contributed by atoms with van der Waals surface area (Å²) in [4.78, 5) is 24.4. The molecule has 0 saturated heterocycles. The van der Waals surface area contributed by atoms with Crippen molar-refractivity contribution in [2.75, 3.05) is 5.32 Å². The standard InChI is InChI=1S/C12H7N5O4/c13-7-8-5-9(16(18)19)12(10(6-8)17(20)21)15-11-3-1-2-4-14-11/h1-6H,(H,14,15). The molecule has 0 radical (unpaired) electrons. The van der Waals surface area contributed by atoms with Crippen molar-refractivity contribution < 1.29 is 9.85 Å². The Kier molecular flexibility index (Phi) is 3.71. The van der Waals surface area contributed by atoms with E-state index in [-0.39, 0.29) is 17.1 Å². The first kappa shape index (κ1) is 13.9. The molecule has 9 nitrogen and oxygen atoms in total. The smallest absolute Gasteiger partial charge is 0.301 e. The summed E-state index contributed by atoms with van der Waals surface area (Å²) in [6.45, 7) is 0. The van der Waals surface area contributed by atoms with Gasteiger partial charge in [-0.2, -0.15) is 5.26 Å². The summed E-state index contributed by atoms with van der Waals surface area (Å²) in [6.07, 6.45) is 1.43. The quantitative estimate of drug-likeness (QED) is 0.673. The van der Waals surface area contributed by atoms with E-state index >= 15 is 0 Å². The highest BCUT2D eigenvalue weighted by Crippen LogP contribution is 2.37. The Labute approximate surface area is 117 Å². The number of aromatic nitrogens is 1. The second-order valence-corrected chi connectivity index (χ2v) is 3.86. The minimum atomic E-state index is -0.793. The molecule has 1 N–H and O–H groups in total. The predicted molar refractivity (Wildman–Crippen MR) is 72.0 cm³/mol. The van der Waals surface area contributed by atoms with E-state index in [1.165, 1.54) is 12.3 Å². The Balaban J connectivity index is 2.64. The van der Waals surface area contributed by atoms with Crippen LogP contribution in [-0.4, -0.2) is 14.8 Å². The van der Waals surface area contributed by atoms with Crippen LogP contribution >= 0.6 is 0 Å². The highest BCUT2D eigenvalue weighted by atomic mass is 16.6. The lowest BCUT2D eigenvalue weighted by Crippen LogP contribution is -2.03. The van der Waals surface area contributed by atoms with Crippen LogP contribution in [0.25, 0.3) is 0 Å². The van der Waals surface area contributed by atoms with E-state index in [9.17, 15) is 20.2 Å². The van der Waals surface area contributed by atoms with Crippen LogP contribution in [0.1, 0.15) is 5.56 Å². The molecule has 104 valence electrons. The molecule has 0 atom stereocenters. The Hall–Kier alpha value is -3.54. The summed E-state index contributed by atoms with van der Waals surface area (Å²) in [6, 6.07) is 8.36. The molecule has 1 aromatic heterocycles. The number of rotatable bonds is 4. The fourth-order valence-electron chi connectivity index (χ4n) is 1.66. The minimum Gasteiger partial charge on any atom is -0.329 e. The van der Waals surface area contributed by atoms with E-state index in [2.05, 4.69) is 10.3 Å². The molecular formula is C12H7N5O4. The molecule has 0 aliphatic heterocycles. The molecule has 0 saturated carbocycles. The number of hydrogen-bond acceptors (Lipinski definition) is 7. The van der Waals surface area contributed by atoms with Crippen LogP contribution in [0, 0.1) is 31.6 Å². The maximum Gasteiger partial charge on any atom is 0.301 e. The van der Waals surface area contributed by atoms with Crippen molar-refractivity contribution in [3.63, 3.8) is 0 Å². The zero-order chi connectivity index (χ0) is 15.4. The van der Waals surface area contributed by atoms with E-state index in [0.29, 0.717) is 0 Å². The monoisotopic (exact) mass is 285 g/mol. The SMILES string of the molecule is N#Cc1cc([N+](=O)[O-])c(Nc2ccccn2)c([N+](=O)[O-])c1. The molecule has 21 heavy (non-hydrogen) atoms. The van der Waals surface area contributed by atoms with E-state index in [4.69, 9.17) is 5.26 Å². The summed E-state index contributed by atoms with van der Waals surface area (Å²) in [7, 11) is 0. The largest absolute Gasteiger partial charge is 0.329 e. The Morgan fingerprint density at radius 1 is 1.14 bits per heavy atom. The van der Waals surface area contributed by atoms with Gasteiger partial charge in [0.1, 0.15) is 5.82 Å². The molecule has 9 heteroatoms. The third-order valence-electron chi connectivity index (χ3n) is 2.54. The molecule has 0 aliphatic rings. The number of pyridine rings is 1. The highest BCUT2D eigenvalue weighted by molar-refractivity contribution is 5.79. The molecular weight excluding hydrogens is 278 g/mol. The van der Waals surface area contributed by atoms with Crippen LogP contribution in [0.2, 0.25) is 0 Å². The maximum atomic E-state index is 11.1. The number of benzene rings is 1. The third kappa shape index (κ3) is 2.90. The van der Waals surface area contributed by atoms with Crippen LogP contribution in [0.3, 0.4) is 0 Å². The van der Waals surface area contributed by atoms with Gasteiger partial charge in [0.15, 0.2) is 5.69 Å². The van der Waals surface area contributed by atoms with Gasteiger partial charge in [-0.05, 0) is 12.1 Å². The third-order valence-corrected chi connectivity index (χ3v) is 2.54. The lowest BCUT2D eigenvalue weighted by Gasteiger charge is -2.07. The van der Waals surface area contributed by atoms with Gasteiger partial charge in [0.25, 0.3) is 0 Å². The van der Waals surface area contributed by atoms with E-state index in [1.807, 2.05) is 0 Å². The van der Waals surface area contributed by atoms with Crippen LogP contribution < -0.4 is 5.32 Å². The second kappa shape index (κ2) is 5.62. The molecule has 0 spiro atoms. The Morgan fingerprint density at radius 2 is 1.76 bits per heavy atom. The lowest BCUT2D eigenvalue weighted by atomic mass is 10.1. The van der Waals surface area contributed by atoms with Gasteiger partial charge in [-0.25, -0.2) is 4.98 Å². The number of hydrogen-bond donors (Lipinski definition) is 1. The van der Waals surface area contributed by atoms with Crippen LogP contribution in [-0.2, 0) is 0 Å². The molecule has 0 amide bonds. The van der Waals surface area contributed by atoms with Crippen molar-refractivity contribution in [3.05, 3.63) is 62.3 Å². The number of nitrogens with one attached hydrogen (secondary N) is 1.